The van der Waals surface area contributed by atoms with Crippen LogP contribution in [0.25, 0.3) is 0 Å². The Morgan fingerprint density at radius 2 is 1.85 bits per heavy atom. The summed E-state index contributed by atoms with van der Waals surface area (Å²) in [6.45, 7) is 7.96. The maximum Gasteiger partial charge on any atom is 0.156 e. The maximum atomic E-state index is 11.7. The molecule has 1 saturated carbocycles. The first kappa shape index (κ1) is 17.6. The van der Waals surface area contributed by atoms with Crippen LogP contribution >= 0.6 is 0 Å². The summed E-state index contributed by atoms with van der Waals surface area (Å²) in [6.07, 6.45) is 3.61. The molecule has 0 aromatic heterocycles. The summed E-state index contributed by atoms with van der Waals surface area (Å²) in [7, 11) is 1.56. The van der Waals surface area contributed by atoms with Crippen LogP contribution in [-0.4, -0.2) is 36.4 Å². The predicted molar refractivity (Wildman–Crippen MR) is 80.4 cm³/mol. The molecule has 5 atom stereocenters. The number of carbonyl (C=O) groups is 1. The molecule has 2 N–H and O–H groups in total. The van der Waals surface area contributed by atoms with E-state index in [1.807, 2.05) is 0 Å². The molecule has 0 aliphatic heterocycles. The van der Waals surface area contributed by atoms with Gasteiger partial charge in [0, 0.05) is 19.1 Å². The van der Waals surface area contributed by atoms with E-state index < -0.39 is 6.29 Å². The average molecular weight is 285 g/mol. The van der Waals surface area contributed by atoms with Gasteiger partial charge in [0.05, 0.1) is 6.04 Å². The lowest BCUT2D eigenvalue weighted by atomic mass is 9.77. The highest BCUT2D eigenvalue weighted by Gasteiger charge is 2.32. The molecule has 1 aliphatic carbocycles. The third-order valence-electron chi connectivity index (χ3n) is 4.65. The van der Waals surface area contributed by atoms with Gasteiger partial charge in [-0.3, -0.25) is 4.79 Å². The topological polar surface area (TPSA) is 58.6 Å². The third-order valence-corrected chi connectivity index (χ3v) is 4.65. The Hall–Kier alpha value is -0.450. The van der Waals surface area contributed by atoms with Crippen molar-refractivity contribution in [2.45, 2.75) is 71.8 Å². The fourth-order valence-electron chi connectivity index (χ4n) is 3.37. The molecule has 1 aliphatic rings. The summed E-state index contributed by atoms with van der Waals surface area (Å²) in [6, 6.07) is 0.218. The molecule has 4 heteroatoms. The molecule has 4 nitrogen and oxygen atoms in total. The monoisotopic (exact) mass is 285 g/mol. The average Bonchev–Trinajstić information content (AvgIpc) is 2.42. The van der Waals surface area contributed by atoms with Crippen LogP contribution in [0, 0.1) is 17.8 Å². The molecule has 3 unspecified atom stereocenters. The molecule has 0 spiro atoms. The minimum absolute atomic E-state index is 0.0716. The molecule has 0 bridgehead atoms. The molecular weight excluding hydrogens is 254 g/mol. The van der Waals surface area contributed by atoms with Crippen molar-refractivity contribution in [1.29, 1.82) is 0 Å². The van der Waals surface area contributed by atoms with E-state index in [-0.39, 0.29) is 23.8 Å². The number of hydrogen-bond acceptors (Lipinski definition) is 4. The highest BCUT2D eigenvalue weighted by atomic mass is 16.6. The second-order valence-electron chi connectivity index (χ2n) is 6.60. The fourth-order valence-corrected chi connectivity index (χ4v) is 3.37. The zero-order valence-corrected chi connectivity index (χ0v) is 13.6. The van der Waals surface area contributed by atoms with Crippen molar-refractivity contribution in [2.24, 2.45) is 17.8 Å². The number of Topliss-reactive ketones (excluding diaryl/α,β-unsaturated/α-hetero) is 1. The molecule has 0 heterocycles. The van der Waals surface area contributed by atoms with E-state index in [0.717, 1.165) is 25.7 Å². The van der Waals surface area contributed by atoms with Crippen LogP contribution < -0.4 is 5.32 Å². The van der Waals surface area contributed by atoms with E-state index in [9.17, 15) is 9.90 Å². The van der Waals surface area contributed by atoms with Crippen molar-refractivity contribution in [2.75, 3.05) is 7.11 Å². The normalized spacial score (nSPS) is 28.1. The first-order valence-corrected chi connectivity index (χ1v) is 7.84. The Kier molecular flexibility index (Phi) is 7.13. The van der Waals surface area contributed by atoms with E-state index in [1.54, 1.807) is 14.0 Å². The van der Waals surface area contributed by atoms with Crippen LogP contribution in [-0.2, 0) is 9.53 Å². The van der Waals surface area contributed by atoms with E-state index in [0.29, 0.717) is 11.8 Å². The van der Waals surface area contributed by atoms with Gasteiger partial charge in [0.2, 0.25) is 0 Å². The van der Waals surface area contributed by atoms with E-state index >= 15 is 0 Å². The zero-order chi connectivity index (χ0) is 15.3. The Labute approximate surface area is 123 Å². The van der Waals surface area contributed by atoms with Crippen LogP contribution in [0.2, 0.25) is 0 Å². The van der Waals surface area contributed by atoms with Gasteiger partial charge < -0.3 is 15.2 Å². The van der Waals surface area contributed by atoms with E-state index in [4.69, 9.17) is 4.74 Å². The summed E-state index contributed by atoms with van der Waals surface area (Å²) < 4.78 is 5.06. The molecule has 1 fully saturated rings. The lowest BCUT2D eigenvalue weighted by Crippen LogP contribution is -2.48. The van der Waals surface area contributed by atoms with Gasteiger partial charge in [0.1, 0.15) is 5.78 Å². The quantitative estimate of drug-likeness (QED) is 0.705. The second kappa shape index (κ2) is 8.11. The lowest BCUT2D eigenvalue weighted by Gasteiger charge is -2.36. The minimum Gasteiger partial charge on any atom is -0.368 e. The van der Waals surface area contributed by atoms with Gasteiger partial charge in [0.15, 0.2) is 6.29 Å². The summed E-state index contributed by atoms with van der Waals surface area (Å²) in [5, 5.41) is 13.3. The van der Waals surface area contributed by atoms with E-state index in [2.05, 4.69) is 26.1 Å². The molecule has 20 heavy (non-hydrogen) atoms. The Morgan fingerprint density at radius 1 is 1.25 bits per heavy atom. The Morgan fingerprint density at radius 3 is 2.35 bits per heavy atom. The standard InChI is InChI=1S/C16H31NO3/c1-10(2)15(12(4)18)17-11(3)13-7-6-8-14(9-13)16(19)20-5/h10-11,13-17,19H,6-9H2,1-5H3/t11?,13?,14-,15+,16?/m0/s1. The predicted octanol–water partition coefficient (Wildman–Crippen LogP) is 2.35. The van der Waals surface area contributed by atoms with Crippen molar-refractivity contribution in [1.82, 2.24) is 5.32 Å². The van der Waals surface area contributed by atoms with Gasteiger partial charge >= 0.3 is 0 Å². The number of methoxy groups -OCH3 is 1. The Bertz CT molecular complexity index is 306. The van der Waals surface area contributed by atoms with Crippen molar-refractivity contribution in [3.63, 3.8) is 0 Å². The van der Waals surface area contributed by atoms with Crippen LogP contribution in [0.5, 0.6) is 0 Å². The highest BCUT2D eigenvalue weighted by molar-refractivity contribution is 5.81. The van der Waals surface area contributed by atoms with Gasteiger partial charge in [0.25, 0.3) is 0 Å². The highest BCUT2D eigenvalue weighted by Crippen LogP contribution is 2.33. The third kappa shape index (κ3) is 4.83. The molecule has 0 radical (unpaired) electrons. The summed E-state index contributed by atoms with van der Waals surface area (Å²) in [5.74, 6) is 1.23. The lowest BCUT2D eigenvalue weighted by molar-refractivity contribution is -0.126. The molecule has 118 valence electrons. The number of ketones is 1. The first-order valence-electron chi connectivity index (χ1n) is 7.84. The van der Waals surface area contributed by atoms with Gasteiger partial charge in [-0.15, -0.1) is 0 Å². The molecule has 0 amide bonds. The number of nitrogens with one attached hydrogen (secondary N) is 1. The van der Waals surface area contributed by atoms with Crippen molar-refractivity contribution < 1.29 is 14.6 Å². The number of aliphatic hydroxyl groups is 1. The van der Waals surface area contributed by atoms with Crippen LogP contribution in [0.3, 0.4) is 0 Å². The van der Waals surface area contributed by atoms with Crippen molar-refractivity contribution in [3.8, 4) is 0 Å². The van der Waals surface area contributed by atoms with Crippen LogP contribution in [0.4, 0.5) is 0 Å². The molecular formula is C16H31NO3. The Balaban J connectivity index is 2.57. The molecule has 0 saturated heterocycles. The van der Waals surface area contributed by atoms with Gasteiger partial charge in [-0.05, 0) is 44.9 Å². The molecule has 1 rings (SSSR count). The van der Waals surface area contributed by atoms with Crippen molar-refractivity contribution >= 4 is 5.78 Å². The van der Waals surface area contributed by atoms with E-state index in [1.165, 1.54) is 0 Å². The number of rotatable bonds is 7. The number of carbonyl (C=O) groups excluding carboxylic acids is 1. The first-order chi connectivity index (χ1) is 9.36. The minimum atomic E-state index is -0.654. The van der Waals surface area contributed by atoms with Crippen molar-refractivity contribution in [3.05, 3.63) is 0 Å². The fraction of sp³-hybridized carbons (Fsp3) is 0.938. The SMILES string of the molecule is COC(O)[C@H]1CCCC(C(C)N[C@@H](C(C)=O)C(C)C)C1. The van der Waals surface area contributed by atoms with Crippen LogP contribution in [0.15, 0.2) is 0 Å². The summed E-state index contributed by atoms with van der Waals surface area (Å²) in [5.41, 5.74) is 0. The summed E-state index contributed by atoms with van der Waals surface area (Å²) in [4.78, 5) is 11.7. The van der Waals surface area contributed by atoms with Crippen LogP contribution in [0.1, 0.15) is 53.4 Å². The number of aliphatic hydroxyl groups excluding tert-OH is 1. The molecule has 0 aromatic carbocycles. The number of ether oxygens (including phenoxy) is 1. The number of hydrogen-bond donors (Lipinski definition) is 2. The summed E-state index contributed by atoms with van der Waals surface area (Å²) >= 11 is 0. The molecule has 0 aromatic rings. The largest absolute Gasteiger partial charge is 0.368 e. The smallest absolute Gasteiger partial charge is 0.156 e. The maximum absolute atomic E-state index is 11.7. The van der Waals surface area contributed by atoms with Gasteiger partial charge in [-0.2, -0.15) is 0 Å². The van der Waals surface area contributed by atoms with Gasteiger partial charge in [-0.25, -0.2) is 0 Å². The zero-order valence-electron chi connectivity index (χ0n) is 13.6. The van der Waals surface area contributed by atoms with Gasteiger partial charge in [-0.1, -0.05) is 20.3 Å². The second-order valence-corrected chi connectivity index (χ2v) is 6.60.